The highest BCUT2D eigenvalue weighted by atomic mass is 32.3. The average molecular weight is 1130 g/mol. The molecular weight excluding hydrogens is 1050 g/mol. The van der Waals surface area contributed by atoms with Gasteiger partial charge in [0.25, 0.3) is 0 Å². The van der Waals surface area contributed by atoms with Crippen LogP contribution in [0.1, 0.15) is 163 Å². The lowest BCUT2D eigenvalue weighted by Crippen LogP contribution is -2.41. The second-order valence-electron chi connectivity index (χ2n) is 21.2. The first-order valence-corrected chi connectivity index (χ1v) is 27.8. The number of hydrogen-bond donors (Lipinski definition) is 0. The molecule has 0 aromatic carbocycles. The van der Waals surface area contributed by atoms with Crippen molar-refractivity contribution < 1.29 is 103 Å². The molecule has 75 heavy (non-hydrogen) atoms. The van der Waals surface area contributed by atoms with Crippen molar-refractivity contribution in [2.24, 2.45) is 35.5 Å². The fourth-order valence-corrected chi connectivity index (χ4v) is 9.37. The lowest BCUT2D eigenvalue weighted by atomic mass is 9.67. The SMILES string of the molecule is CC(C)OB1OC(C)(C)C(C)(C)O1.CCOC(=O)C1CC=C(B2OC(C)(C)C(C)(C)O2)CC1C.CCOC(=O)C1CC=C(C)CC1C.CCOC(=O)C1CCC(=O)CC1C.O=S(=O)(OS(=O)(=O)C(F)(F)F)C(F)(F)F. The molecule has 3 fully saturated rings. The number of allylic oxidation sites excluding steroid dienone is 4. The van der Waals surface area contributed by atoms with Crippen LogP contribution in [0, 0.1) is 35.5 Å². The van der Waals surface area contributed by atoms with Crippen molar-refractivity contribution in [3.63, 3.8) is 0 Å². The Bertz CT molecular complexity index is 2120. The first-order valence-electron chi connectivity index (χ1n) is 25.0. The minimum atomic E-state index is -6.85. The van der Waals surface area contributed by atoms with Gasteiger partial charge in [-0.15, -0.1) is 3.63 Å². The number of hydrogen-bond acceptors (Lipinski definition) is 17. The smallest absolute Gasteiger partial charge is 0.466 e. The van der Waals surface area contributed by atoms with Gasteiger partial charge < -0.3 is 37.5 Å². The summed E-state index contributed by atoms with van der Waals surface area (Å²) in [5, 5.41) is 0. The molecule has 6 unspecified atom stereocenters. The fraction of sp³-hybridized carbons (Fsp3) is 0.833. The van der Waals surface area contributed by atoms with Gasteiger partial charge in [-0.2, -0.15) is 43.2 Å². The summed E-state index contributed by atoms with van der Waals surface area (Å²) in [5.74, 6) is 0.841. The van der Waals surface area contributed by atoms with Crippen molar-refractivity contribution in [2.45, 2.75) is 202 Å². The minimum Gasteiger partial charge on any atom is -0.466 e. The number of Topliss-reactive ketones (excluding diaryl/α,β-unsaturated/α-hetero) is 1. The molecule has 0 aromatic rings. The van der Waals surface area contributed by atoms with Crippen LogP contribution < -0.4 is 0 Å². The summed E-state index contributed by atoms with van der Waals surface area (Å²) in [5.41, 5.74) is -11.2. The number of halogens is 6. The van der Waals surface area contributed by atoms with Gasteiger partial charge in [-0.1, -0.05) is 38.5 Å². The van der Waals surface area contributed by atoms with E-state index in [1.165, 1.54) is 5.57 Å². The summed E-state index contributed by atoms with van der Waals surface area (Å²) in [6.07, 6.45) is 9.52. The zero-order chi connectivity index (χ0) is 58.5. The molecule has 434 valence electrons. The molecule has 27 heteroatoms. The van der Waals surface area contributed by atoms with Crippen molar-refractivity contribution in [2.75, 3.05) is 19.8 Å². The topological polar surface area (TPSA) is 220 Å². The molecule has 0 spiro atoms. The Morgan fingerprint density at radius 3 is 1.33 bits per heavy atom. The average Bonchev–Trinajstić information content (AvgIpc) is 3.58. The lowest BCUT2D eigenvalue weighted by molar-refractivity contribution is -0.152. The van der Waals surface area contributed by atoms with E-state index >= 15 is 0 Å². The predicted octanol–water partition coefficient (Wildman–Crippen LogP) is 9.95. The Hall–Kier alpha value is -3.07. The Balaban J connectivity index is 0.000000476. The quantitative estimate of drug-likeness (QED) is 0.0469. The maximum atomic E-state index is 11.9. The monoisotopic (exact) mass is 1130 g/mol. The normalized spacial score (nSPS) is 26.0. The molecule has 3 aliphatic carbocycles. The number of alkyl halides is 6. The largest absolute Gasteiger partial charge is 0.640 e. The maximum Gasteiger partial charge on any atom is 0.640 e. The Morgan fingerprint density at radius 1 is 0.627 bits per heavy atom. The van der Waals surface area contributed by atoms with Crippen LogP contribution >= 0.6 is 0 Å². The maximum absolute atomic E-state index is 11.9. The van der Waals surface area contributed by atoms with Crippen molar-refractivity contribution in [3.05, 3.63) is 23.2 Å². The Labute approximate surface area is 441 Å². The van der Waals surface area contributed by atoms with Crippen LogP contribution in [-0.4, -0.2) is 114 Å². The second kappa shape index (κ2) is 28.2. The van der Waals surface area contributed by atoms with E-state index in [0.717, 1.165) is 24.7 Å². The summed E-state index contributed by atoms with van der Waals surface area (Å²) in [4.78, 5) is 45.8. The first-order chi connectivity index (χ1) is 33.9. The molecule has 2 saturated heterocycles. The number of carbonyl (C=O) groups excluding carboxylic acids is 4. The van der Waals surface area contributed by atoms with Gasteiger partial charge in [-0.05, 0) is 152 Å². The zero-order valence-electron chi connectivity index (χ0n) is 46.4. The van der Waals surface area contributed by atoms with Gasteiger partial charge in [0.15, 0.2) is 0 Å². The van der Waals surface area contributed by atoms with Crippen molar-refractivity contribution in [1.29, 1.82) is 0 Å². The molecule has 0 aromatic heterocycles. The summed E-state index contributed by atoms with van der Waals surface area (Å²) >= 11 is 0. The van der Waals surface area contributed by atoms with Crippen LogP contribution in [0.2, 0.25) is 0 Å². The molecule has 0 bridgehead atoms. The number of ketones is 1. The number of esters is 3. The molecule has 6 atom stereocenters. The minimum absolute atomic E-state index is 0.0289. The Morgan fingerprint density at radius 2 is 0.987 bits per heavy atom. The predicted molar refractivity (Wildman–Crippen MR) is 266 cm³/mol. The number of rotatable bonds is 11. The standard InChI is InChI=1S/C16H27BO4.C11H18O2.C10H16O3.C9H19BO3.C2F6O5S2/c1-7-19-14(18)13-9-8-12(10-11(13)2)17-20-15(3,4)16(5,6)21-17;1-4-13-11(12)10-6-5-8(2)7-9(10)3;1-3-13-10(12)9-5-4-8(11)6-7(9)2;1-7(2)11-10-12-8(3,4)9(5,6)13-10;3-1(4,5)14(9,10)13-15(11,12)2(6,7)8/h8,11,13H,7,9-10H2,1-6H3;5,9-10H,4,6-7H2,1-3H3;7,9H,3-6H2,1-2H3;7H,1-6H3;. The zero-order valence-corrected chi connectivity index (χ0v) is 48.1. The molecule has 0 N–H and O–H groups in total. The van der Waals surface area contributed by atoms with Crippen LogP contribution in [-0.2, 0) is 80.5 Å². The van der Waals surface area contributed by atoms with Gasteiger partial charge in [0.05, 0.1) is 60.0 Å². The van der Waals surface area contributed by atoms with Gasteiger partial charge in [0.1, 0.15) is 5.78 Å². The summed E-state index contributed by atoms with van der Waals surface area (Å²) in [7, 11) is -14.5. The van der Waals surface area contributed by atoms with Crippen LogP contribution in [0.3, 0.4) is 0 Å². The number of carbonyl (C=O) groups is 4. The van der Waals surface area contributed by atoms with Gasteiger partial charge in [0.2, 0.25) is 0 Å². The molecule has 0 amide bonds. The van der Waals surface area contributed by atoms with Crippen molar-refractivity contribution in [3.8, 4) is 0 Å². The molecule has 2 heterocycles. The molecule has 0 radical (unpaired) electrons. The Kier molecular flexibility index (Phi) is 26.3. The van der Waals surface area contributed by atoms with Gasteiger partial charge in [-0.3, -0.25) is 19.2 Å². The van der Waals surface area contributed by atoms with Crippen LogP contribution in [0.25, 0.3) is 0 Å². The summed E-state index contributed by atoms with van der Waals surface area (Å²) < 4.78 is 154. The third-order valence-corrected chi connectivity index (χ3v) is 16.2. The van der Waals surface area contributed by atoms with E-state index < -0.39 is 38.6 Å². The van der Waals surface area contributed by atoms with Gasteiger partial charge in [0, 0.05) is 18.9 Å². The molecule has 5 aliphatic rings. The van der Waals surface area contributed by atoms with Crippen LogP contribution in [0.4, 0.5) is 26.3 Å². The van der Waals surface area contributed by atoms with E-state index in [4.69, 9.17) is 37.5 Å². The summed E-state index contributed by atoms with van der Waals surface area (Å²) in [6.45, 7) is 35.3. The lowest BCUT2D eigenvalue weighted by Gasteiger charge is -2.32. The van der Waals surface area contributed by atoms with Gasteiger partial charge >= 0.3 is 63.6 Å². The second-order valence-corrected chi connectivity index (χ2v) is 24.5. The molecule has 17 nitrogen and oxygen atoms in total. The van der Waals surface area contributed by atoms with E-state index in [0.29, 0.717) is 51.4 Å². The van der Waals surface area contributed by atoms with Crippen LogP contribution in [0.15, 0.2) is 23.2 Å². The van der Waals surface area contributed by atoms with Crippen LogP contribution in [0.5, 0.6) is 0 Å². The molecular formula is C48H80B2F6O17S2. The van der Waals surface area contributed by atoms with E-state index in [1.54, 1.807) is 6.92 Å². The highest BCUT2D eigenvalue weighted by Gasteiger charge is 2.58. The van der Waals surface area contributed by atoms with E-state index in [2.05, 4.69) is 60.6 Å². The third-order valence-electron chi connectivity index (χ3n) is 13.6. The van der Waals surface area contributed by atoms with E-state index in [-0.39, 0.29) is 88.9 Å². The van der Waals surface area contributed by atoms with Gasteiger partial charge in [-0.25, -0.2) is 0 Å². The van der Waals surface area contributed by atoms with Crippen molar-refractivity contribution in [1.82, 2.24) is 0 Å². The molecule has 2 aliphatic heterocycles. The third kappa shape index (κ3) is 20.9. The fourth-order valence-electron chi connectivity index (χ4n) is 7.81. The summed E-state index contributed by atoms with van der Waals surface area (Å²) in [6, 6.07) is 0. The molecule has 1 saturated carbocycles. The van der Waals surface area contributed by atoms with E-state index in [1.807, 2.05) is 65.9 Å². The molecule has 5 rings (SSSR count). The van der Waals surface area contributed by atoms with E-state index in [9.17, 15) is 62.4 Å². The highest BCUT2D eigenvalue weighted by Crippen LogP contribution is 2.42. The first kappa shape index (κ1) is 69.9. The number of ether oxygens (including phenoxy) is 3. The van der Waals surface area contributed by atoms with Crippen molar-refractivity contribution >= 4 is 58.4 Å². The highest BCUT2D eigenvalue weighted by molar-refractivity contribution is 8.00.